The maximum absolute atomic E-state index is 10.4. The van der Waals surface area contributed by atoms with E-state index in [0.29, 0.717) is 0 Å². The molecule has 1 atom stereocenters. The fourth-order valence-electron chi connectivity index (χ4n) is 1.94. The Morgan fingerprint density at radius 2 is 2.13 bits per heavy atom. The summed E-state index contributed by atoms with van der Waals surface area (Å²) in [4.78, 5) is 10.4. The summed E-state index contributed by atoms with van der Waals surface area (Å²) in [6, 6.07) is 6.19. The fourth-order valence-corrected chi connectivity index (χ4v) is 1.94. The smallest absolute Gasteiger partial charge is 0.328 e. The first kappa shape index (κ1) is 9.93. The molecule has 0 heterocycles. The van der Waals surface area contributed by atoms with Crippen molar-refractivity contribution < 1.29 is 9.90 Å². The Kier molecular flexibility index (Phi) is 2.56. The first-order chi connectivity index (χ1) is 7.15. The number of carboxylic acids is 1. The number of nitrogens with two attached hydrogens (primary N) is 1. The number of fused-ring (bicyclic) bond motifs is 1. The molecule has 0 aromatic heterocycles. The van der Waals surface area contributed by atoms with E-state index >= 15 is 0 Å². The Balaban J connectivity index is 2.23. The third-order valence-corrected chi connectivity index (χ3v) is 2.61. The molecule has 1 aromatic carbocycles. The van der Waals surface area contributed by atoms with Crippen molar-refractivity contribution >= 4 is 12.0 Å². The molecule has 1 aliphatic rings. The normalized spacial score (nSPS) is 19.4. The molecule has 3 heteroatoms. The molecule has 3 nitrogen and oxygen atoms in total. The van der Waals surface area contributed by atoms with Crippen molar-refractivity contribution in [3.8, 4) is 0 Å². The molecule has 2 rings (SSSR count). The summed E-state index contributed by atoms with van der Waals surface area (Å²) in [5.74, 6) is -0.924. The highest BCUT2D eigenvalue weighted by molar-refractivity contribution is 5.85. The number of aliphatic carboxylic acids is 1. The quantitative estimate of drug-likeness (QED) is 0.710. The molecule has 15 heavy (non-hydrogen) atoms. The molecule has 3 N–H and O–H groups in total. The number of carboxylic acid groups (broad SMARTS) is 1. The summed E-state index contributed by atoms with van der Waals surface area (Å²) < 4.78 is 0. The summed E-state index contributed by atoms with van der Waals surface area (Å²) in [6.07, 6.45) is 4.57. The van der Waals surface area contributed by atoms with Crippen LogP contribution in [0.2, 0.25) is 0 Å². The topological polar surface area (TPSA) is 63.3 Å². The van der Waals surface area contributed by atoms with Crippen LogP contribution in [0, 0.1) is 0 Å². The first-order valence-corrected chi connectivity index (χ1v) is 4.93. The lowest BCUT2D eigenvalue weighted by atomic mass is 10.1. The Hall–Kier alpha value is -1.61. The van der Waals surface area contributed by atoms with Gasteiger partial charge >= 0.3 is 5.97 Å². The minimum atomic E-state index is -0.924. The van der Waals surface area contributed by atoms with Crippen LogP contribution in [0.25, 0.3) is 6.08 Å². The number of hydrogen-bond donors (Lipinski definition) is 2. The SMILES string of the molecule is NC1Cc2ccc(C=CC(=O)O)cc2C1. The van der Waals surface area contributed by atoms with Crippen LogP contribution < -0.4 is 5.73 Å². The standard InChI is InChI=1S/C12H13NO2/c13-11-6-9-3-1-8(2-4-12(14)15)5-10(9)7-11/h1-5,11H,6-7,13H2,(H,14,15). The van der Waals surface area contributed by atoms with Gasteiger partial charge in [0, 0.05) is 12.1 Å². The zero-order valence-electron chi connectivity index (χ0n) is 8.31. The van der Waals surface area contributed by atoms with Crippen LogP contribution in [0.1, 0.15) is 16.7 Å². The minimum absolute atomic E-state index is 0.221. The molecule has 0 bridgehead atoms. The van der Waals surface area contributed by atoms with Crippen molar-refractivity contribution in [1.29, 1.82) is 0 Å². The van der Waals surface area contributed by atoms with Gasteiger partial charge < -0.3 is 10.8 Å². The van der Waals surface area contributed by atoms with Crippen molar-refractivity contribution in [1.82, 2.24) is 0 Å². The molecule has 1 aliphatic carbocycles. The van der Waals surface area contributed by atoms with Crippen LogP contribution in [0.3, 0.4) is 0 Å². The van der Waals surface area contributed by atoms with E-state index in [-0.39, 0.29) is 6.04 Å². The van der Waals surface area contributed by atoms with E-state index in [1.54, 1.807) is 6.08 Å². The van der Waals surface area contributed by atoms with Gasteiger partial charge in [-0.05, 0) is 35.6 Å². The summed E-state index contributed by atoms with van der Waals surface area (Å²) in [6.45, 7) is 0. The predicted octanol–water partition coefficient (Wildman–Crippen LogP) is 1.21. The van der Waals surface area contributed by atoms with Gasteiger partial charge in [-0.25, -0.2) is 4.79 Å². The summed E-state index contributed by atoms with van der Waals surface area (Å²) in [5.41, 5.74) is 9.30. The first-order valence-electron chi connectivity index (χ1n) is 4.93. The van der Waals surface area contributed by atoms with E-state index < -0.39 is 5.97 Å². The van der Waals surface area contributed by atoms with Gasteiger partial charge in [-0.2, -0.15) is 0 Å². The van der Waals surface area contributed by atoms with Crippen LogP contribution in [-0.2, 0) is 17.6 Å². The lowest BCUT2D eigenvalue weighted by Crippen LogP contribution is -2.18. The third kappa shape index (κ3) is 2.25. The average molecular weight is 203 g/mol. The summed E-state index contributed by atoms with van der Waals surface area (Å²) in [7, 11) is 0. The molecular formula is C12H13NO2. The second-order valence-electron chi connectivity index (χ2n) is 3.87. The molecule has 0 amide bonds. The molecule has 0 radical (unpaired) electrons. The van der Waals surface area contributed by atoms with Crippen LogP contribution in [-0.4, -0.2) is 17.1 Å². The highest BCUT2D eigenvalue weighted by atomic mass is 16.4. The highest BCUT2D eigenvalue weighted by Gasteiger charge is 2.17. The highest BCUT2D eigenvalue weighted by Crippen LogP contribution is 2.22. The Bertz CT molecular complexity index is 424. The van der Waals surface area contributed by atoms with Gasteiger partial charge in [-0.15, -0.1) is 0 Å². The zero-order valence-corrected chi connectivity index (χ0v) is 8.31. The molecule has 0 saturated heterocycles. The largest absolute Gasteiger partial charge is 0.478 e. The number of carbonyl (C=O) groups is 1. The Morgan fingerprint density at radius 3 is 2.87 bits per heavy atom. The van der Waals surface area contributed by atoms with Crippen LogP contribution in [0.15, 0.2) is 24.3 Å². The molecule has 0 spiro atoms. The van der Waals surface area contributed by atoms with E-state index in [9.17, 15) is 4.79 Å². The molecular weight excluding hydrogens is 190 g/mol. The van der Waals surface area contributed by atoms with Crippen LogP contribution in [0.4, 0.5) is 0 Å². The number of benzene rings is 1. The molecule has 1 aromatic rings. The third-order valence-electron chi connectivity index (χ3n) is 2.61. The van der Waals surface area contributed by atoms with Gasteiger partial charge in [0.25, 0.3) is 0 Å². The van der Waals surface area contributed by atoms with Gasteiger partial charge in [-0.3, -0.25) is 0 Å². The van der Waals surface area contributed by atoms with Crippen molar-refractivity contribution in [2.45, 2.75) is 18.9 Å². The van der Waals surface area contributed by atoms with Gasteiger partial charge in [0.15, 0.2) is 0 Å². The van der Waals surface area contributed by atoms with Gasteiger partial charge in [0.1, 0.15) is 0 Å². The van der Waals surface area contributed by atoms with Crippen molar-refractivity contribution in [2.75, 3.05) is 0 Å². The van der Waals surface area contributed by atoms with E-state index in [1.807, 2.05) is 18.2 Å². The molecule has 1 unspecified atom stereocenters. The predicted molar refractivity (Wildman–Crippen MR) is 58.5 cm³/mol. The Labute approximate surface area is 88.2 Å². The molecule has 0 fully saturated rings. The lowest BCUT2D eigenvalue weighted by Gasteiger charge is -1.99. The number of rotatable bonds is 2. The molecule has 0 saturated carbocycles. The van der Waals surface area contributed by atoms with Gasteiger partial charge in [0.2, 0.25) is 0 Å². The maximum Gasteiger partial charge on any atom is 0.328 e. The van der Waals surface area contributed by atoms with Gasteiger partial charge in [-0.1, -0.05) is 18.2 Å². The van der Waals surface area contributed by atoms with Crippen molar-refractivity contribution in [2.24, 2.45) is 5.73 Å². The van der Waals surface area contributed by atoms with Crippen LogP contribution >= 0.6 is 0 Å². The zero-order chi connectivity index (χ0) is 10.8. The maximum atomic E-state index is 10.4. The summed E-state index contributed by atoms with van der Waals surface area (Å²) in [5, 5.41) is 8.50. The second kappa shape index (κ2) is 3.87. The van der Waals surface area contributed by atoms with Crippen molar-refractivity contribution in [3.05, 3.63) is 41.0 Å². The minimum Gasteiger partial charge on any atom is -0.478 e. The van der Waals surface area contributed by atoms with E-state index in [0.717, 1.165) is 24.5 Å². The fraction of sp³-hybridized carbons (Fsp3) is 0.250. The van der Waals surface area contributed by atoms with Crippen molar-refractivity contribution in [3.63, 3.8) is 0 Å². The Morgan fingerprint density at radius 1 is 1.40 bits per heavy atom. The van der Waals surface area contributed by atoms with E-state index in [4.69, 9.17) is 10.8 Å². The summed E-state index contributed by atoms with van der Waals surface area (Å²) >= 11 is 0. The number of hydrogen-bond acceptors (Lipinski definition) is 2. The monoisotopic (exact) mass is 203 g/mol. The van der Waals surface area contributed by atoms with Crippen LogP contribution in [0.5, 0.6) is 0 Å². The second-order valence-corrected chi connectivity index (χ2v) is 3.87. The molecule has 0 aliphatic heterocycles. The molecule has 78 valence electrons. The lowest BCUT2D eigenvalue weighted by molar-refractivity contribution is -0.131. The van der Waals surface area contributed by atoms with E-state index in [1.165, 1.54) is 11.1 Å². The van der Waals surface area contributed by atoms with Gasteiger partial charge in [0.05, 0.1) is 0 Å². The average Bonchev–Trinajstić information content (AvgIpc) is 2.53. The van der Waals surface area contributed by atoms with E-state index in [2.05, 4.69) is 0 Å².